The van der Waals surface area contributed by atoms with Gasteiger partial charge in [-0.15, -0.1) is 5.06 Å². The van der Waals surface area contributed by atoms with Crippen LogP contribution in [-0.2, 0) is 67.0 Å². The van der Waals surface area contributed by atoms with E-state index in [0.717, 1.165) is 5.75 Å². The first-order chi connectivity index (χ1) is 35.4. The highest BCUT2D eigenvalue weighted by molar-refractivity contribution is 8.77. The number of carbonyl (C=O) groups is 10. The van der Waals surface area contributed by atoms with Crippen LogP contribution in [0.4, 0.5) is 0 Å². The van der Waals surface area contributed by atoms with E-state index >= 15 is 0 Å². The molecule has 0 radical (unpaired) electrons. The SMILES string of the molecule is COC(=O)CCC(C)(C)SSCCCNC(=O)CCC(CCC(=O)NCCSSC(C)(C)CCC(=O)OC)(CCC(=O)NCCSSC(C)(C)CCC(=O)OC)NCCCC(=O)NCCC(=O)ON1C(=O)CCC1=O. The van der Waals surface area contributed by atoms with Crippen molar-refractivity contribution in [2.45, 2.75) is 177 Å². The highest BCUT2D eigenvalue weighted by atomic mass is 33.1. The lowest BCUT2D eigenvalue weighted by Crippen LogP contribution is -2.48. The first kappa shape index (κ1) is 70.0. The number of nitrogens with one attached hydrogen (secondary N) is 5. The Labute approximate surface area is 468 Å². The van der Waals surface area contributed by atoms with Crippen molar-refractivity contribution in [2.24, 2.45) is 0 Å². The minimum Gasteiger partial charge on any atom is -0.469 e. The summed E-state index contributed by atoms with van der Waals surface area (Å²) in [5.41, 5.74) is -0.874. The van der Waals surface area contributed by atoms with Gasteiger partial charge in [-0.3, -0.25) is 43.2 Å². The summed E-state index contributed by atoms with van der Waals surface area (Å²) in [6.07, 6.45) is 4.81. The monoisotopic (exact) mass is 1170 g/mol. The Morgan fingerprint density at radius 3 is 1.23 bits per heavy atom. The molecule has 0 saturated carbocycles. The number of hydrogen-bond acceptors (Lipinski definition) is 21. The Morgan fingerprint density at radius 1 is 0.440 bits per heavy atom. The molecular weight excluding hydrogens is 1090 g/mol. The topological polar surface area (TPSA) is 271 Å². The number of rotatable bonds is 43. The van der Waals surface area contributed by atoms with Crippen LogP contribution in [0.15, 0.2) is 0 Å². The summed E-state index contributed by atoms with van der Waals surface area (Å²) in [6, 6.07) is 0. The van der Waals surface area contributed by atoms with Gasteiger partial charge >= 0.3 is 23.9 Å². The van der Waals surface area contributed by atoms with Crippen molar-refractivity contribution in [1.29, 1.82) is 0 Å². The third kappa shape index (κ3) is 35.2. The Kier molecular flexibility index (Phi) is 35.9. The number of hydroxylamine groups is 2. The molecule has 0 aromatic heterocycles. The van der Waals surface area contributed by atoms with E-state index in [4.69, 9.17) is 19.0 Å². The number of hydrogen-bond donors (Lipinski definition) is 5. The quantitative estimate of drug-likeness (QED) is 0.0141. The molecule has 0 aliphatic carbocycles. The Balaban J connectivity index is 3.07. The maximum absolute atomic E-state index is 13.4. The number of esters is 3. The minimum absolute atomic E-state index is 0.0349. The Hall–Kier alpha value is -3.04. The summed E-state index contributed by atoms with van der Waals surface area (Å²) in [5.74, 6) is -1.73. The fourth-order valence-corrected chi connectivity index (χ4v) is 14.5. The lowest BCUT2D eigenvalue weighted by molar-refractivity contribution is -0.197. The fourth-order valence-electron chi connectivity index (χ4n) is 6.83. The second-order valence-electron chi connectivity index (χ2n) is 19.6. The van der Waals surface area contributed by atoms with E-state index in [9.17, 15) is 47.9 Å². The lowest BCUT2D eigenvalue weighted by atomic mass is 9.83. The van der Waals surface area contributed by atoms with Gasteiger partial charge in [-0.2, -0.15) is 0 Å². The molecule has 5 N–H and O–H groups in total. The zero-order chi connectivity index (χ0) is 56.3. The van der Waals surface area contributed by atoms with Gasteiger partial charge in [0.2, 0.25) is 23.6 Å². The highest BCUT2D eigenvalue weighted by Gasteiger charge is 2.34. The smallest absolute Gasteiger partial charge is 0.334 e. The van der Waals surface area contributed by atoms with Gasteiger partial charge in [0, 0.05) is 121 Å². The van der Waals surface area contributed by atoms with Crippen LogP contribution >= 0.6 is 64.8 Å². The van der Waals surface area contributed by atoms with E-state index in [-0.39, 0.29) is 127 Å². The van der Waals surface area contributed by atoms with E-state index in [1.807, 2.05) is 27.7 Å². The molecule has 1 aliphatic heterocycles. The zero-order valence-electron chi connectivity index (χ0n) is 45.5. The number of ether oxygens (including phenoxy) is 3. The summed E-state index contributed by atoms with van der Waals surface area (Å²) in [7, 11) is 13.9. The number of amides is 6. The first-order valence-corrected chi connectivity index (χ1v) is 32.3. The minimum atomic E-state index is -0.874. The van der Waals surface area contributed by atoms with E-state index in [2.05, 4.69) is 40.4 Å². The summed E-state index contributed by atoms with van der Waals surface area (Å²) < 4.78 is 13.8. The molecule has 0 spiro atoms. The number of imide groups is 1. The molecule has 26 heteroatoms. The van der Waals surface area contributed by atoms with Gasteiger partial charge in [-0.25, -0.2) is 4.79 Å². The van der Waals surface area contributed by atoms with Crippen LogP contribution in [0, 0.1) is 0 Å². The van der Waals surface area contributed by atoms with Crippen LogP contribution < -0.4 is 26.6 Å². The molecule has 20 nitrogen and oxygen atoms in total. The molecule has 430 valence electrons. The number of methoxy groups -OCH3 is 3. The van der Waals surface area contributed by atoms with Crippen molar-refractivity contribution in [3.05, 3.63) is 0 Å². The van der Waals surface area contributed by atoms with Crippen LogP contribution in [0.1, 0.15) is 157 Å². The highest BCUT2D eigenvalue weighted by Crippen LogP contribution is 2.40. The summed E-state index contributed by atoms with van der Waals surface area (Å²) in [4.78, 5) is 129. The molecule has 6 amide bonds. The standard InChI is InChI=1S/C49H84N6O14S6/c1-46(2,22-18-42(62)66-7)73-70-33-11-28-50-37(57)15-25-49(26-16-38(58)52-31-34-71-74-47(3,4)23-19-43(63)67-8,27-17-39(59)53-32-35-72-75-48(5,6)24-20-44(64)68-9)54-29-10-12-36(56)51-30-21-45(65)69-55-40(60)13-14-41(55)61/h54H,10-35H2,1-9H3,(H,50,57)(H,51,56)(H,52,58)(H,53,59). The van der Waals surface area contributed by atoms with Crippen molar-refractivity contribution in [3.8, 4) is 0 Å². The first-order valence-electron chi connectivity index (χ1n) is 25.4. The third-order valence-electron chi connectivity index (χ3n) is 11.5. The van der Waals surface area contributed by atoms with E-state index in [1.165, 1.54) is 21.3 Å². The predicted molar refractivity (Wildman–Crippen MR) is 302 cm³/mol. The molecule has 1 heterocycles. The van der Waals surface area contributed by atoms with Gasteiger partial charge in [0.05, 0.1) is 27.8 Å². The second kappa shape index (κ2) is 38.5. The molecule has 0 aromatic carbocycles. The third-order valence-corrected chi connectivity index (χ3v) is 21.6. The van der Waals surface area contributed by atoms with Gasteiger partial charge in [-0.1, -0.05) is 64.8 Å². The fraction of sp³-hybridized carbons (Fsp3) is 0.796. The largest absolute Gasteiger partial charge is 0.469 e. The van der Waals surface area contributed by atoms with Gasteiger partial charge in [0.25, 0.3) is 11.8 Å². The summed E-state index contributed by atoms with van der Waals surface area (Å²) in [5, 5.41) is 15.7. The van der Waals surface area contributed by atoms with E-state index in [0.29, 0.717) is 94.1 Å². The molecule has 0 unspecified atom stereocenters. The molecule has 0 atom stereocenters. The molecule has 1 fully saturated rings. The van der Waals surface area contributed by atoms with Crippen molar-refractivity contribution in [3.63, 3.8) is 0 Å². The van der Waals surface area contributed by atoms with Crippen molar-refractivity contribution in [1.82, 2.24) is 31.6 Å². The van der Waals surface area contributed by atoms with Gasteiger partial charge < -0.3 is 45.6 Å². The Bertz CT molecular complexity index is 1770. The lowest BCUT2D eigenvalue weighted by Gasteiger charge is -2.35. The maximum Gasteiger partial charge on any atom is 0.334 e. The molecule has 0 aromatic rings. The van der Waals surface area contributed by atoms with Gasteiger partial charge in [-0.05, 0) is 99.5 Å². The van der Waals surface area contributed by atoms with Crippen LogP contribution in [0.25, 0.3) is 0 Å². The number of carbonyl (C=O) groups excluding carboxylic acids is 10. The molecule has 1 rings (SSSR count). The molecular formula is C49H84N6O14S6. The Morgan fingerprint density at radius 2 is 0.813 bits per heavy atom. The van der Waals surface area contributed by atoms with Crippen molar-refractivity contribution in [2.75, 3.05) is 71.3 Å². The van der Waals surface area contributed by atoms with Gasteiger partial charge in [0.1, 0.15) is 0 Å². The van der Waals surface area contributed by atoms with Crippen LogP contribution in [0.5, 0.6) is 0 Å². The molecule has 1 aliphatic rings. The molecule has 75 heavy (non-hydrogen) atoms. The van der Waals surface area contributed by atoms with Gasteiger partial charge in [0.15, 0.2) is 0 Å². The van der Waals surface area contributed by atoms with Crippen molar-refractivity contribution >= 4 is 124 Å². The molecule has 1 saturated heterocycles. The van der Waals surface area contributed by atoms with Crippen LogP contribution in [-0.4, -0.2) is 155 Å². The summed E-state index contributed by atoms with van der Waals surface area (Å²) >= 11 is 0. The predicted octanol–water partition coefficient (Wildman–Crippen LogP) is 6.63. The second-order valence-corrected chi connectivity index (χ2v) is 29.0. The van der Waals surface area contributed by atoms with Crippen LogP contribution in [0.2, 0.25) is 0 Å². The maximum atomic E-state index is 13.4. The van der Waals surface area contributed by atoms with E-state index in [1.54, 1.807) is 64.8 Å². The average Bonchev–Trinajstić information content (AvgIpc) is 3.68. The average molecular weight is 1170 g/mol. The van der Waals surface area contributed by atoms with Crippen LogP contribution in [0.3, 0.4) is 0 Å². The normalized spacial score (nSPS) is 13.0. The molecule has 0 bridgehead atoms. The van der Waals surface area contributed by atoms with Crippen molar-refractivity contribution < 1.29 is 67.0 Å². The van der Waals surface area contributed by atoms with E-state index < -0.39 is 23.3 Å². The number of nitrogens with zero attached hydrogens (tertiary/aromatic N) is 1. The zero-order valence-corrected chi connectivity index (χ0v) is 50.4. The summed E-state index contributed by atoms with van der Waals surface area (Å²) in [6.45, 7) is 13.8.